The van der Waals surface area contributed by atoms with Crippen LogP contribution in [0.5, 0.6) is 0 Å². The van der Waals surface area contributed by atoms with Crippen molar-refractivity contribution in [3.8, 4) is 0 Å². The van der Waals surface area contributed by atoms with E-state index in [1.165, 1.54) is 6.92 Å². The predicted molar refractivity (Wildman–Crippen MR) is 52.1 cm³/mol. The van der Waals surface area contributed by atoms with E-state index in [2.05, 4.69) is 0 Å². The minimum atomic E-state index is -5.13. The van der Waals surface area contributed by atoms with Crippen molar-refractivity contribution in [2.24, 2.45) is 0 Å². The van der Waals surface area contributed by atoms with Crippen LogP contribution in [0.4, 0.5) is 0 Å². The minimum absolute atomic E-state index is 0.203. The molecule has 0 aliphatic heterocycles. The summed E-state index contributed by atoms with van der Waals surface area (Å²) in [4.78, 5) is 34.6. The third-order valence-corrected chi connectivity index (χ3v) is 5.17. The molecule has 0 aromatic rings. The van der Waals surface area contributed by atoms with E-state index in [0.29, 0.717) is 0 Å². The van der Waals surface area contributed by atoms with Gasteiger partial charge >= 0.3 is 15.2 Å². The Balaban J connectivity index is 5.02. The number of aliphatic hydroxyl groups is 1. The monoisotopic (exact) mass is 283 g/mol. The molecular weight excluding hydrogens is 271 g/mol. The molecule has 0 aliphatic rings. The molecule has 1 atom stereocenters. The first-order valence-corrected chi connectivity index (χ1v) is 7.43. The number of hydrogen-bond donors (Lipinski definition) is 6. The summed E-state index contributed by atoms with van der Waals surface area (Å²) in [7, 11) is -10.3. The number of nitrogens with one attached hydrogen (secondary N) is 1. The van der Waals surface area contributed by atoms with Crippen LogP contribution in [0.3, 0.4) is 0 Å². The van der Waals surface area contributed by atoms with Crippen molar-refractivity contribution >= 4 is 26.8 Å². The van der Waals surface area contributed by atoms with Crippen LogP contribution in [-0.2, 0) is 9.13 Å². The van der Waals surface area contributed by atoms with Gasteiger partial charge in [0.15, 0.2) is 5.18 Å². The van der Waals surface area contributed by atoms with E-state index in [-0.39, 0.29) is 6.42 Å². The van der Waals surface area contributed by atoms with Gasteiger partial charge in [-0.15, -0.1) is 0 Å². The lowest BCUT2D eigenvalue weighted by Gasteiger charge is -2.28. The van der Waals surface area contributed by atoms with Crippen LogP contribution in [0.15, 0.2) is 0 Å². The first-order chi connectivity index (χ1) is 6.40. The normalized spacial score (nSPS) is 17.9. The fourth-order valence-corrected chi connectivity index (χ4v) is 3.26. The molecule has 0 heterocycles. The largest absolute Gasteiger partial charge is 0.363 e. The maximum absolute atomic E-state index is 10.7. The average molecular weight is 284 g/mol. The Morgan fingerprint density at radius 1 is 1.27 bits per heavy atom. The average Bonchev–Trinajstić information content (AvgIpc) is 1.96. The number of hydrogen-bond acceptors (Lipinski definition) is 4. The van der Waals surface area contributed by atoms with Crippen LogP contribution in [0.2, 0.25) is 0 Å². The molecule has 92 valence electrons. The van der Waals surface area contributed by atoms with E-state index < -0.39 is 25.9 Å². The molecule has 1 unspecified atom stereocenters. The minimum Gasteiger partial charge on any atom is -0.363 e. The number of alkyl halides is 1. The van der Waals surface area contributed by atoms with Crippen molar-refractivity contribution < 1.29 is 33.8 Å². The molecular formula is C4H12ClNO7P2. The molecule has 0 saturated heterocycles. The van der Waals surface area contributed by atoms with Crippen molar-refractivity contribution in [2.75, 3.05) is 0 Å². The second kappa shape index (κ2) is 4.79. The SMILES string of the molecule is CCC(O)(Cl)NC(P(=O)(O)O)P(=O)(O)O. The zero-order chi connectivity index (χ0) is 12.5. The highest BCUT2D eigenvalue weighted by atomic mass is 35.5. The van der Waals surface area contributed by atoms with E-state index in [9.17, 15) is 14.2 Å². The summed E-state index contributed by atoms with van der Waals surface area (Å²) in [5, 5.41) is 8.52. The predicted octanol–water partition coefficient (Wildman–Crippen LogP) is -0.490. The summed E-state index contributed by atoms with van der Waals surface area (Å²) in [6, 6.07) is 0. The molecule has 0 saturated carbocycles. The van der Waals surface area contributed by atoms with Crippen molar-refractivity contribution in [3.05, 3.63) is 0 Å². The number of halogens is 1. The van der Waals surface area contributed by atoms with E-state index >= 15 is 0 Å². The van der Waals surface area contributed by atoms with Gasteiger partial charge in [0.1, 0.15) is 0 Å². The summed E-state index contributed by atoms with van der Waals surface area (Å²) >= 11 is 5.29. The maximum atomic E-state index is 10.7. The first-order valence-electron chi connectivity index (χ1n) is 3.69. The Morgan fingerprint density at radius 2 is 1.60 bits per heavy atom. The third-order valence-electron chi connectivity index (χ3n) is 1.46. The molecule has 15 heavy (non-hydrogen) atoms. The fraction of sp³-hybridized carbons (Fsp3) is 1.00. The van der Waals surface area contributed by atoms with Gasteiger partial charge in [-0.25, -0.2) is 0 Å². The Kier molecular flexibility index (Phi) is 4.95. The molecule has 0 aromatic heterocycles. The van der Waals surface area contributed by atoms with Gasteiger partial charge in [-0.05, 0) is 0 Å². The van der Waals surface area contributed by atoms with Gasteiger partial charge < -0.3 is 24.7 Å². The van der Waals surface area contributed by atoms with Gasteiger partial charge in [-0.2, -0.15) is 0 Å². The Morgan fingerprint density at radius 3 is 1.80 bits per heavy atom. The zero-order valence-electron chi connectivity index (χ0n) is 7.61. The summed E-state index contributed by atoms with van der Waals surface area (Å²) in [6.07, 6.45) is -0.203. The topological polar surface area (TPSA) is 147 Å². The number of rotatable bonds is 5. The van der Waals surface area contributed by atoms with Crippen LogP contribution >= 0.6 is 26.8 Å². The third kappa shape index (κ3) is 5.40. The standard InChI is InChI=1S/C4H12ClNO7P2/c1-2-4(5,7)6-3(14(8,9)10)15(11,12)13/h3,6-7H,2H2,1H3,(H2,8,9,10)(H2,11,12,13). The maximum Gasteiger partial charge on any atom is 0.354 e. The van der Waals surface area contributed by atoms with Crippen LogP contribution in [0.25, 0.3) is 0 Å². The van der Waals surface area contributed by atoms with Gasteiger partial charge in [0.25, 0.3) is 0 Å². The van der Waals surface area contributed by atoms with Crippen LogP contribution in [-0.4, -0.2) is 35.4 Å². The van der Waals surface area contributed by atoms with Gasteiger partial charge in [-0.1, -0.05) is 18.5 Å². The molecule has 0 rings (SSSR count). The summed E-state index contributed by atoms with van der Waals surface area (Å²) < 4.78 is 21.5. The van der Waals surface area contributed by atoms with Crippen molar-refractivity contribution in [3.63, 3.8) is 0 Å². The molecule has 11 heteroatoms. The van der Waals surface area contributed by atoms with Gasteiger partial charge in [0.05, 0.1) is 0 Å². The van der Waals surface area contributed by atoms with E-state index in [4.69, 9.17) is 31.2 Å². The highest BCUT2D eigenvalue weighted by Gasteiger charge is 2.46. The molecule has 0 aromatic carbocycles. The molecule has 0 aliphatic carbocycles. The van der Waals surface area contributed by atoms with Gasteiger partial charge in [-0.3, -0.25) is 14.4 Å². The quantitative estimate of drug-likeness (QED) is 0.171. The zero-order valence-corrected chi connectivity index (χ0v) is 10.2. The smallest absolute Gasteiger partial charge is 0.354 e. The first kappa shape index (κ1) is 15.5. The Bertz CT molecular complexity index is 286. The summed E-state index contributed by atoms with van der Waals surface area (Å²) in [5.74, 6) is 0. The highest BCUT2D eigenvalue weighted by molar-refractivity contribution is 7.70. The second-order valence-electron chi connectivity index (χ2n) is 2.81. The van der Waals surface area contributed by atoms with Gasteiger partial charge in [0, 0.05) is 6.42 Å². The van der Waals surface area contributed by atoms with Crippen LogP contribution in [0.1, 0.15) is 13.3 Å². The van der Waals surface area contributed by atoms with E-state index in [0.717, 1.165) is 0 Å². The lowest BCUT2D eigenvalue weighted by atomic mass is 10.4. The van der Waals surface area contributed by atoms with E-state index in [1.807, 2.05) is 0 Å². The molecule has 8 nitrogen and oxygen atoms in total. The summed E-state index contributed by atoms with van der Waals surface area (Å²) in [6.45, 7) is 1.36. The fourth-order valence-electron chi connectivity index (χ4n) is 0.664. The van der Waals surface area contributed by atoms with Crippen molar-refractivity contribution in [2.45, 2.75) is 24.1 Å². The molecule has 0 fully saturated rings. The molecule has 0 radical (unpaired) electrons. The van der Waals surface area contributed by atoms with E-state index in [1.54, 1.807) is 5.32 Å². The lowest BCUT2D eigenvalue weighted by Crippen LogP contribution is -2.45. The Hall–Kier alpha value is 0.510. The molecule has 0 spiro atoms. The Labute approximate surface area is 90.6 Å². The highest BCUT2D eigenvalue weighted by Crippen LogP contribution is 2.58. The molecule has 0 bridgehead atoms. The molecule has 0 amide bonds. The van der Waals surface area contributed by atoms with Crippen LogP contribution < -0.4 is 5.32 Å². The van der Waals surface area contributed by atoms with Crippen LogP contribution in [0, 0.1) is 0 Å². The summed E-state index contributed by atoms with van der Waals surface area (Å²) in [5.41, 5.74) is -2.52. The van der Waals surface area contributed by atoms with Crippen molar-refractivity contribution in [1.82, 2.24) is 5.32 Å². The van der Waals surface area contributed by atoms with Crippen molar-refractivity contribution in [1.29, 1.82) is 0 Å². The lowest BCUT2D eigenvalue weighted by molar-refractivity contribution is 0.0842. The second-order valence-corrected chi connectivity index (χ2v) is 7.23. The molecule has 6 N–H and O–H groups in total. The van der Waals surface area contributed by atoms with Gasteiger partial charge in [0.2, 0.25) is 5.52 Å².